The van der Waals surface area contributed by atoms with Crippen LogP contribution >= 0.6 is 11.8 Å². The first kappa shape index (κ1) is 8.11. The molecule has 12 heavy (non-hydrogen) atoms. The predicted molar refractivity (Wildman–Crippen MR) is 54.9 cm³/mol. The molecule has 1 aliphatic heterocycles. The lowest BCUT2D eigenvalue weighted by Crippen LogP contribution is -2.29. The molecule has 0 saturated heterocycles. The zero-order chi connectivity index (χ0) is 8.55. The quantitative estimate of drug-likeness (QED) is 0.558. The molecule has 0 unspecified atom stereocenters. The van der Waals surface area contributed by atoms with Gasteiger partial charge in [-0.05, 0) is 24.8 Å². The van der Waals surface area contributed by atoms with E-state index in [-0.39, 0.29) is 0 Å². The number of thioether (sulfide) groups is 1. The average molecular weight is 180 g/mol. The fourth-order valence-electron chi connectivity index (χ4n) is 1.87. The van der Waals surface area contributed by atoms with Crippen molar-refractivity contribution in [1.82, 2.24) is 0 Å². The van der Waals surface area contributed by atoms with E-state index in [9.17, 15) is 0 Å². The van der Waals surface area contributed by atoms with Crippen LogP contribution in [0.4, 0.5) is 0 Å². The standard InChI is InChI=1S/C10H14NS/c1-3-11-8(2)12-10-7-5-4-6-9(10)11/h4-7,9-10H,3H2,1-2H3/q+1/t9-,10-/m0/s1. The van der Waals surface area contributed by atoms with Gasteiger partial charge in [-0.2, -0.15) is 0 Å². The van der Waals surface area contributed by atoms with Crippen LogP contribution in [-0.4, -0.2) is 27.5 Å². The summed E-state index contributed by atoms with van der Waals surface area (Å²) in [6.07, 6.45) is 8.91. The molecule has 1 aliphatic carbocycles. The van der Waals surface area contributed by atoms with Gasteiger partial charge in [0.25, 0.3) is 0 Å². The molecular weight excluding hydrogens is 166 g/mol. The van der Waals surface area contributed by atoms with Crippen LogP contribution in [0.15, 0.2) is 24.3 Å². The Labute approximate surface area is 77.9 Å². The van der Waals surface area contributed by atoms with E-state index in [0.717, 1.165) is 6.54 Å². The van der Waals surface area contributed by atoms with Gasteiger partial charge in [0.15, 0.2) is 6.04 Å². The van der Waals surface area contributed by atoms with Crippen LogP contribution in [-0.2, 0) is 0 Å². The summed E-state index contributed by atoms with van der Waals surface area (Å²) in [5.41, 5.74) is 0. The summed E-state index contributed by atoms with van der Waals surface area (Å²) in [6.45, 7) is 5.56. The van der Waals surface area contributed by atoms with Crippen LogP contribution < -0.4 is 0 Å². The van der Waals surface area contributed by atoms with Gasteiger partial charge in [0.2, 0.25) is 5.04 Å². The second-order valence-electron chi connectivity index (χ2n) is 3.15. The van der Waals surface area contributed by atoms with Gasteiger partial charge in [-0.15, -0.1) is 0 Å². The van der Waals surface area contributed by atoms with E-state index in [2.05, 4.69) is 42.7 Å². The summed E-state index contributed by atoms with van der Waals surface area (Å²) in [7, 11) is 0. The van der Waals surface area contributed by atoms with Crippen molar-refractivity contribution >= 4 is 16.8 Å². The van der Waals surface area contributed by atoms with Gasteiger partial charge in [-0.3, -0.25) is 0 Å². The van der Waals surface area contributed by atoms with Crippen molar-refractivity contribution in [3.05, 3.63) is 24.3 Å². The van der Waals surface area contributed by atoms with Crippen molar-refractivity contribution in [3.63, 3.8) is 0 Å². The summed E-state index contributed by atoms with van der Waals surface area (Å²) >= 11 is 1.99. The molecule has 0 amide bonds. The van der Waals surface area contributed by atoms with Crippen molar-refractivity contribution in [1.29, 1.82) is 0 Å². The Balaban J connectivity index is 2.29. The highest BCUT2D eigenvalue weighted by atomic mass is 32.2. The Kier molecular flexibility index (Phi) is 2.09. The number of rotatable bonds is 1. The summed E-state index contributed by atoms with van der Waals surface area (Å²) in [4.78, 5) is 0. The van der Waals surface area contributed by atoms with Crippen LogP contribution in [0.25, 0.3) is 0 Å². The summed E-state index contributed by atoms with van der Waals surface area (Å²) < 4.78 is 2.47. The Morgan fingerprint density at radius 2 is 2.17 bits per heavy atom. The number of hydrogen-bond donors (Lipinski definition) is 0. The molecule has 2 heteroatoms. The monoisotopic (exact) mass is 180 g/mol. The molecule has 2 aliphatic rings. The van der Waals surface area contributed by atoms with E-state index in [1.807, 2.05) is 11.8 Å². The van der Waals surface area contributed by atoms with Gasteiger partial charge in [0.1, 0.15) is 6.54 Å². The van der Waals surface area contributed by atoms with Crippen LogP contribution in [0.2, 0.25) is 0 Å². The molecule has 0 N–H and O–H groups in total. The van der Waals surface area contributed by atoms with Crippen molar-refractivity contribution in [2.75, 3.05) is 6.54 Å². The third-order valence-corrected chi connectivity index (χ3v) is 3.75. The minimum atomic E-state index is 0.616. The molecule has 0 aromatic heterocycles. The van der Waals surface area contributed by atoms with Gasteiger partial charge in [-0.25, -0.2) is 4.58 Å². The zero-order valence-electron chi connectivity index (χ0n) is 7.53. The van der Waals surface area contributed by atoms with Gasteiger partial charge in [0, 0.05) is 6.92 Å². The maximum Gasteiger partial charge on any atom is 0.208 e. The first-order valence-electron chi connectivity index (χ1n) is 4.44. The molecule has 0 fully saturated rings. The third kappa shape index (κ3) is 1.14. The van der Waals surface area contributed by atoms with E-state index >= 15 is 0 Å². The topological polar surface area (TPSA) is 3.01 Å². The molecule has 0 radical (unpaired) electrons. The van der Waals surface area contributed by atoms with Gasteiger partial charge in [0.05, 0.1) is 5.25 Å². The molecule has 0 aromatic rings. The molecular formula is C10H14NS+. The molecule has 1 heterocycles. The van der Waals surface area contributed by atoms with Crippen molar-refractivity contribution in [2.24, 2.45) is 0 Å². The van der Waals surface area contributed by atoms with Crippen LogP contribution in [0.5, 0.6) is 0 Å². The molecule has 0 aromatic carbocycles. The van der Waals surface area contributed by atoms with Crippen molar-refractivity contribution in [3.8, 4) is 0 Å². The second kappa shape index (κ2) is 3.09. The summed E-state index contributed by atoms with van der Waals surface area (Å²) in [5, 5.41) is 2.12. The molecule has 0 spiro atoms. The van der Waals surface area contributed by atoms with Crippen LogP contribution in [0, 0.1) is 0 Å². The van der Waals surface area contributed by atoms with E-state index in [4.69, 9.17) is 0 Å². The highest BCUT2D eigenvalue weighted by Crippen LogP contribution is 2.30. The number of allylic oxidation sites excluding steroid dienone is 2. The Bertz CT molecular complexity index is 276. The Morgan fingerprint density at radius 1 is 1.42 bits per heavy atom. The fraction of sp³-hybridized carbons (Fsp3) is 0.500. The third-order valence-electron chi connectivity index (χ3n) is 2.47. The Hall–Kier alpha value is -0.500. The van der Waals surface area contributed by atoms with E-state index in [1.165, 1.54) is 5.04 Å². The summed E-state index contributed by atoms with van der Waals surface area (Å²) in [6, 6.07) is 0.616. The van der Waals surface area contributed by atoms with E-state index in [0.29, 0.717) is 11.3 Å². The molecule has 0 bridgehead atoms. The average Bonchev–Trinajstić information content (AvgIpc) is 2.40. The maximum atomic E-state index is 2.47. The molecule has 1 nitrogen and oxygen atoms in total. The molecule has 2 rings (SSSR count). The van der Waals surface area contributed by atoms with Crippen molar-refractivity contribution < 1.29 is 4.58 Å². The van der Waals surface area contributed by atoms with E-state index in [1.54, 1.807) is 0 Å². The zero-order valence-corrected chi connectivity index (χ0v) is 8.34. The molecule has 2 atom stereocenters. The number of likely N-dealkylation sites (N-methyl/N-ethyl adjacent to an activating group) is 1. The SMILES string of the molecule is CC[N+]1=C(C)S[C@H]2C=CC=C[C@@H]21. The number of hydrogen-bond acceptors (Lipinski definition) is 1. The fourth-order valence-corrected chi connectivity index (χ4v) is 3.20. The minimum absolute atomic E-state index is 0.616. The highest BCUT2D eigenvalue weighted by Gasteiger charge is 2.37. The molecule has 64 valence electrons. The van der Waals surface area contributed by atoms with Gasteiger partial charge >= 0.3 is 0 Å². The van der Waals surface area contributed by atoms with Crippen LogP contribution in [0.1, 0.15) is 13.8 Å². The predicted octanol–water partition coefficient (Wildman–Crippen LogP) is 2.05. The van der Waals surface area contributed by atoms with Gasteiger partial charge < -0.3 is 0 Å². The van der Waals surface area contributed by atoms with E-state index < -0.39 is 0 Å². The maximum absolute atomic E-state index is 2.47. The smallest absolute Gasteiger partial charge is 0.208 e. The number of fused-ring (bicyclic) bond motifs is 1. The van der Waals surface area contributed by atoms with Crippen LogP contribution in [0.3, 0.4) is 0 Å². The van der Waals surface area contributed by atoms with Crippen molar-refractivity contribution in [2.45, 2.75) is 25.1 Å². The lowest BCUT2D eigenvalue weighted by Gasteiger charge is -2.11. The molecule has 0 saturated carbocycles. The lowest BCUT2D eigenvalue weighted by atomic mass is 10.1. The lowest BCUT2D eigenvalue weighted by molar-refractivity contribution is -0.544. The summed E-state index contributed by atoms with van der Waals surface area (Å²) in [5.74, 6) is 0. The number of nitrogens with zero attached hydrogens (tertiary/aromatic N) is 1. The Morgan fingerprint density at radius 3 is 2.92 bits per heavy atom. The second-order valence-corrected chi connectivity index (χ2v) is 4.52. The normalized spacial score (nSPS) is 32.8. The minimum Gasteiger partial charge on any atom is -0.221 e. The first-order valence-corrected chi connectivity index (χ1v) is 5.32. The van der Waals surface area contributed by atoms with Gasteiger partial charge in [-0.1, -0.05) is 18.2 Å². The largest absolute Gasteiger partial charge is 0.221 e. The first-order chi connectivity index (χ1) is 5.83. The highest BCUT2D eigenvalue weighted by molar-refractivity contribution is 8.14.